The molecule has 6 heteroatoms. The molecule has 0 fully saturated rings. The van der Waals surface area contributed by atoms with Crippen LogP contribution in [0.5, 0.6) is 5.75 Å². The largest absolute Gasteiger partial charge is 0.497 e. The zero-order valence-electron chi connectivity index (χ0n) is 15.0. The molecule has 0 aliphatic carbocycles. The molecule has 3 rings (SSSR count). The molecule has 0 unspecified atom stereocenters. The third-order valence-electron chi connectivity index (χ3n) is 4.09. The van der Waals surface area contributed by atoms with Crippen LogP contribution < -0.4 is 4.74 Å². The summed E-state index contributed by atoms with van der Waals surface area (Å²) >= 11 is 1.43. The van der Waals surface area contributed by atoms with Crippen LogP contribution in [0.1, 0.15) is 24.2 Å². The number of carbonyl (C=O) groups excluding carboxylic acids is 1. The Bertz CT molecular complexity index is 876. The van der Waals surface area contributed by atoms with Gasteiger partial charge in [-0.2, -0.15) is 0 Å². The number of Topliss-reactive ketones (excluding diaryl/α,β-unsaturated/α-hetero) is 1. The van der Waals surface area contributed by atoms with Gasteiger partial charge in [-0.25, -0.2) is 0 Å². The van der Waals surface area contributed by atoms with E-state index in [9.17, 15) is 4.79 Å². The third-order valence-corrected chi connectivity index (χ3v) is 5.17. The van der Waals surface area contributed by atoms with E-state index in [0.717, 1.165) is 28.8 Å². The molecule has 0 radical (unpaired) electrons. The van der Waals surface area contributed by atoms with Gasteiger partial charge < -0.3 is 9.30 Å². The number of aromatic nitrogens is 3. The first-order valence-electron chi connectivity index (χ1n) is 8.47. The Kier molecular flexibility index (Phi) is 5.73. The molecule has 0 saturated heterocycles. The van der Waals surface area contributed by atoms with Crippen LogP contribution in [0.25, 0.3) is 11.4 Å². The SMILES string of the molecule is CCn1c(S[C@@H](C)C(=O)c2ccc(OC)cc2)nnc1-c1ccccc1. The first kappa shape index (κ1) is 18.2. The number of carbonyl (C=O) groups is 1. The minimum absolute atomic E-state index is 0.0598. The first-order valence-corrected chi connectivity index (χ1v) is 9.35. The van der Waals surface area contributed by atoms with Crippen molar-refractivity contribution in [3.63, 3.8) is 0 Å². The van der Waals surface area contributed by atoms with Crippen LogP contribution in [0.3, 0.4) is 0 Å². The summed E-state index contributed by atoms with van der Waals surface area (Å²) in [6, 6.07) is 17.1. The highest BCUT2D eigenvalue weighted by atomic mass is 32.2. The molecule has 0 spiro atoms. The van der Waals surface area contributed by atoms with Crippen LogP contribution in [0, 0.1) is 0 Å². The second kappa shape index (κ2) is 8.19. The van der Waals surface area contributed by atoms with Crippen molar-refractivity contribution in [2.24, 2.45) is 0 Å². The molecule has 5 nitrogen and oxygen atoms in total. The van der Waals surface area contributed by atoms with Crippen LogP contribution >= 0.6 is 11.8 Å². The highest BCUT2D eigenvalue weighted by molar-refractivity contribution is 8.00. The van der Waals surface area contributed by atoms with Crippen molar-refractivity contribution in [2.75, 3.05) is 7.11 Å². The van der Waals surface area contributed by atoms with Crippen LogP contribution in [0.4, 0.5) is 0 Å². The van der Waals surface area contributed by atoms with Crippen molar-refractivity contribution in [2.45, 2.75) is 30.8 Å². The maximum Gasteiger partial charge on any atom is 0.192 e. The lowest BCUT2D eigenvalue weighted by Gasteiger charge is -2.12. The zero-order valence-corrected chi connectivity index (χ0v) is 15.9. The standard InChI is InChI=1S/C20H21N3O2S/c1-4-23-19(16-8-6-5-7-9-16)21-22-20(23)26-14(2)18(24)15-10-12-17(25-3)13-11-15/h5-14H,4H2,1-3H3/t14-/m0/s1. The maximum atomic E-state index is 12.7. The number of rotatable bonds is 7. The van der Waals surface area contributed by atoms with E-state index in [1.165, 1.54) is 11.8 Å². The monoisotopic (exact) mass is 367 g/mol. The molecule has 1 atom stereocenters. The Morgan fingerprint density at radius 2 is 1.81 bits per heavy atom. The van der Waals surface area contributed by atoms with Crippen molar-refractivity contribution < 1.29 is 9.53 Å². The number of nitrogens with zero attached hydrogens (tertiary/aromatic N) is 3. The highest BCUT2D eigenvalue weighted by Crippen LogP contribution is 2.28. The van der Waals surface area contributed by atoms with Crippen molar-refractivity contribution in [1.82, 2.24) is 14.8 Å². The average Bonchev–Trinajstić information content (AvgIpc) is 3.10. The summed E-state index contributed by atoms with van der Waals surface area (Å²) in [4.78, 5) is 12.7. The molecule has 0 bridgehead atoms. The van der Waals surface area contributed by atoms with Crippen LogP contribution in [0.15, 0.2) is 59.8 Å². The van der Waals surface area contributed by atoms with E-state index in [0.29, 0.717) is 5.56 Å². The molecule has 1 heterocycles. The fraction of sp³-hybridized carbons (Fsp3) is 0.250. The molecule has 1 aromatic heterocycles. The van der Waals surface area contributed by atoms with Crippen molar-refractivity contribution in [3.8, 4) is 17.1 Å². The Balaban J connectivity index is 1.79. The lowest BCUT2D eigenvalue weighted by molar-refractivity contribution is 0.0994. The quantitative estimate of drug-likeness (QED) is 0.459. The summed E-state index contributed by atoms with van der Waals surface area (Å²) in [7, 11) is 1.61. The van der Waals surface area contributed by atoms with Gasteiger partial charge >= 0.3 is 0 Å². The van der Waals surface area contributed by atoms with Crippen molar-refractivity contribution in [1.29, 1.82) is 0 Å². The summed E-state index contributed by atoms with van der Waals surface area (Å²) in [6.45, 7) is 4.69. The number of thioether (sulfide) groups is 1. The maximum absolute atomic E-state index is 12.7. The van der Waals surface area contributed by atoms with Gasteiger partial charge in [0.25, 0.3) is 0 Å². The van der Waals surface area contributed by atoms with Crippen LogP contribution in [-0.2, 0) is 6.54 Å². The van der Waals surface area contributed by atoms with Gasteiger partial charge in [-0.3, -0.25) is 4.79 Å². The molecule has 26 heavy (non-hydrogen) atoms. The summed E-state index contributed by atoms with van der Waals surface area (Å²) in [5.41, 5.74) is 1.68. The molecule has 0 aliphatic rings. The summed E-state index contributed by atoms with van der Waals surface area (Å²) < 4.78 is 7.18. The van der Waals surface area contributed by atoms with E-state index in [1.54, 1.807) is 31.4 Å². The van der Waals surface area contributed by atoms with E-state index in [1.807, 2.05) is 41.8 Å². The normalized spacial score (nSPS) is 12.0. The van der Waals surface area contributed by atoms with E-state index >= 15 is 0 Å². The third kappa shape index (κ3) is 3.80. The number of methoxy groups -OCH3 is 1. The highest BCUT2D eigenvalue weighted by Gasteiger charge is 2.21. The minimum Gasteiger partial charge on any atom is -0.497 e. The van der Waals surface area contributed by atoms with Crippen molar-refractivity contribution in [3.05, 3.63) is 60.2 Å². The van der Waals surface area contributed by atoms with E-state index in [2.05, 4.69) is 17.1 Å². The molecule has 0 N–H and O–H groups in total. The molecule has 3 aromatic rings. The summed E-state index contributed by atoms with van der Waals surface area (Å²) in [5, 5.41) is 9.13. The smallest absolute Gasteiger partial charge is 0.192 e. The molecular formula is C20H21N3O2S. The molecule has 0 amide bonds. The number of benzene rings is 2. The number of hydrogen-bond donors (Lipinski definition) is 0. The topological polar surface area (TPSA) is 57.0 Å². The lowest BCUT2D eigenvalue weighted by Crippen LogP contribution is -2.14. The Labute approximate surface area is 157 Å². The fourth-order valence-electron chi connectivity index (χ4n) is 2.66. The van der Waals surface area contributed by atoms with E-state index in [4.69, 9.17) is 4.74 Å². The lowest BCUT2D eigenvalue weighted by atomic mass is 10.1. The Hall–Kier alpha value is -2.60. The molecule has 0 saturated carbocycles. The molecule has 2 aromatic carbocycles. The number of ketones is 1. The van der Waals surface area contributed by atoms with Crippen molar-refractivity contribution >= 4 is 17.5 Å². The Morgan fingerprint density at radius 1 is 1.12 bits per heavy atom. The summed E-state index contributed by atoms with van der Waals surface area (Å²) in [5.74, 6) is 1.62. The van der Waals surface area contributed by atoms with Gasteiger partial charge in [0.15, 0.2) is 16.8 Å². The van der Waals surface area contributed by atoms with E-state index in [-0.39, 0.29) is 11.0 Å². The van der Waals surface area contributed by atoms with Gasteiger partial charge in [0, 0.05) is 17.7 Å². The zero-order chi connectivity index (χ0) is 18.5. The molecule has 0 aliphatic heterocycles. The van der Waals surface area contributed by atoms with E-state index < -0.39 is 0 Å². The molecular weight excluding hydrogens is 346 g/mol. The second-order valence-electron chi connectivity index (χ2n) is 5.77. The fourth-order valence-corrected chi connectivity index (χ4v) is 3.65. The number of ether oxygens (including phenoxy) is 1. The van der Waals surface area contributed by atoms with Gasteiger partial charge in [0.1, 0.15) is 5.75 Å². The second-order valence-corrected chi connectivity index (χ2v) is 7.08. The van der Waals surface area contributed by atoms with Gasteiger partial charge in [-0.1, -0.05) is 42.1 Å². The average molecular weight is 367 g/mol. The van der Waals surface area contributed by atoms with Gasteiger partial charge in [0.05, 0.1) is 12.4 Å². The summed E-state index contributed by atoms with van der Waals surface area (Å²) in [6.07, 6.45) is 0. The predicted octanol–water partition coefficient (Wildman–Crippen LogP) is 4.34. The minimum atomic E-state index is -0.262. The van der Waals surface area contributed by atoms with Gasteiger partial charge in [-0.05, 0) is 38.1 Å². The van der Waals surface area contributed by atoms with Crippen LogP contribution in [0.2, 0.25) is 0 Å². The van der Waals surface area contributed by atoms with Gasteiger partial charge in [-0.15, -0.1) is 10.2 Å². The van der Waals surface area contributed by atoms with Gasteiger partial charge in [0.2, 0.25) is 0 Å². The Morgan fingerprint density at radius 3 is 2.42 bits per heavy atom. The number of hydrogen-bond acceptors (Lipinski definition) is 5. The first-order chi connectivity index (χ1) is 12.6. The predicted molar refractivity (Wildman–Crippen MR) is 104 cm³/mol. The van der Waals surface area contributed by atoms with Crippen LogP contribution in [-0.4, -0.2) is 32.9 Å². The molecule has 134 valence electrons.